The monoisotopic (exact) mass is 288 g/mol. The molecule has 0 saturated heterocycles. The molecule has 2 aliphatic rings. The number of hydrogen-bond acceptors (Lipinski definition) is 3. The molecule has 1 aromatic carbocycles. The summed E-state index contributed by atoms with van der Waals surface area (Å²) in [7, 11) is 0. The van der Waals surface area contributed by atoms with Crippen LogP contribution in [0, 0.1) is 11.8 Å². The first-order chi connectivity index (χ1) is 10.1. The molecule has 1 aliphatic carbocycles. The molecular formula is C18H28N2O. The second-order valence-electron chi connectivity index (χ2n) is 7.07. The molecule has 3 N–H and O–H groups in total. The first-order valence-corrected chi connectivity index (χ1v) is 8.37. The lowest BCUT2D eigenvalue weighted by molar-refractivity contribution is 0.00881. The SMILES string of the molecule is CC1Cc2ccccc2N(CCC2CCCC2(O)CN)C1. The van der Waals surface area contributed by atoms with Gasteiger partial charge in [0.1, 0.15) is 0 Å². The van der Waals surface area contributed by atoms with Crippen LogP contribution in [0.2, 0.25) is 0 Å². The van der Waals surface area contributed by atoms with Gasteiger partial charge in [0.15, 0.2) is 0 Å². The van der Waals surface area contributed by atoms with Crippen molar-refractivity contribution in [3.05, 3.63) is 29.8 Å². The van der Waals surface area contributed by atoms with E-state index in [9.17, 15) is 5.11 Å². The van der Waals surface area contributed by atoms with Crippen molar-refractivity contribution in [1.29, 1.82) is 0 Å². The van der Waals surface area contributed by atoms with Crippen LogP contribution in [-0.4, -0.2) is 30.3 Å². The Kier molecular flexibility index (Phi) is 4.23. The van der Waals surface area contributed by atoms with E-state index >= 15 is 0 Å². The Morgan fingerprint density at radius 2 is 2.19 bits per heavy atom. The summed E-state index contributed by atoms with van der Waals surface area (Å²) in [5.74, 6) is 1.07. The van der Waals surface area contributed by atoms with Gasteiger partial charge in [0.25, 0.3) is 0 Å². The van der Waals surface area contributed by atoms with Crippen molar-refractivity contribution in [2.24, 2.45) is 17.6 Å². The molecule has 3 heteroatoms. The van der Waals surface area contributed by atoms with E-state index in [2.05, 4.69) is 36.1 Å². The van der Waals surface area contributed by atoms with Gasteiger partial charge < -0.3 is 15.7 Å². The predicted octanol–water partition coefficient (Wildman–Crippen LogP) is 2.57. The van der Waals surface area contributed by atoms with Crippen molar-refractivity contribution in [3.63, 3.8) is 0 Å². The number of fused-ring (bicyclic) bond motifs is 1. The predicted molar refractivity (Wildman–Crippen MR) is 87.5 cm³/mol. The van der Waals surface area contributed by atoms with E-state index in [1.54, 1.807) is 0 Å². The minimum atomic E-state index is -0.610. The molecule has 0 spiro atoms. The number of anilines is 1. The van der Waals surface area contributed by atoms with Gasteiger partial charge in [-0.1, -0.05) is 31.5 Å². The van der Waals surface area contributed by atoms with Crippen molar-refractivity contribution in [1.82, 2.24) is 0 Å². The summed E-state index contributed by atoms with van der Waals surface area (Å²) in [6.07, 6.45) is 5.35. The number of rotatable bonds is 4. The molecule has 0 radical (unpaired) electrons. The Morgan fingerprint density at radius 3 is 3.00 bits per heavy atom. The molecule has 1 saturated carbocycles. The minimum Gasteiger partial charge on any atom is -0.388 e. The topological polar surface area (TPSA) is 49.5 Å². The van der Waals surface area contributed by atoms with E-state index in [0.717, 1.165) is 38.8 Å². The Labute approximate surface area is 128 Å². The zero-order chi connectivity index (χ0) is 14.9. The third-order valence-electron chi connectivity index (χ3n) is 5.46. The van der Waals surface area contributed by atoms with Crippen LogP contribution in [0.3, 0.4) is 0 Å². The summed E-state index contributed by atoms with van der Waals surface area (Å²) >= 11 is 0. The van der Waals surface area contributed by atoms with Crippen LogP contribution in [0.4, 0.5) is 5.69 Å². The third-order valence-corrected chi connectivity index (χ3v) is 5.46. The molecule has 116 valence electrons. The molecule has 1 heterocycles. The molecule has 21 heavy (non-hydrogen) atoms. The average molecular weight is 288 g/mol. The number of hydrogen-bond donors (Lipinski definition) is 2. The Bertz CT molecular complexity index is 490. The zero-order valence-electron chi connectivity index (χ0n) is 13.1. The summed E-state index contributed by atoms with van der Waals surface area (Å²) in [5.41, 5.74) is 8.05. The van der Waals surface area contributed by atoms with Crippen molar-refractivity contribution in [3.8, 4) is 0 Å². The Hall–Kier alpha value is -1.06. The first-order valence-electron chi connectivity index (χ1n) is 8.37. The molecule has 3 atom stereocenters. The van der Waals surface area contributed by atoms with Gasteiger partial charge in [-0.2, -0.15) is 0 Å². The van der Waals surface area contributed by atoms with Gasteiger partial charge in [0.05, 0.1) is 5.60 Å². The molecule has 1 aromatic rings. The van der Waals surface area contributed by atoms with Gasteiger partial charge >= 0.3 is 0 Å². The van der Waals surface area contributed by atoms with Gasteiger partial charge in [-0.05, 0) is 49.1 Å². The summed E-state index contributed by atoms with van der Waals surface area (Å²) in [6, 6.07) is 8.77. The van der Waals surface area contributed by atoms with Gasteiger partial charge in [-0.15, -0.1) is 0 Å². The normalized spacial score (nSPS) is 32.2. The number of aliphatic hydroxyl groups is 1. The highest BCUT2D eigenvalue weighted by Crippen LogP contribution is 2.38. The molecule has 0 amide bonds. The third kappa shape index (κ3) is 2.95. The van der Waals surface area contributed by atoms with E-state index in [4.69, 9.17) is 5.73 Å². The van der Waals surface area contributed by atoms with Gasteiger partial charge in [0.2, 0.25) is 0 Å². The molecular weight excluding hydrogens is 260 g/mol. The summed E-state index contributed by atoms with van der Waals surface area (Å²) in [6.45, 7) is 4.90. The van der Waals surface area contributed by atoms with Crippen LogP contribution in [0.1, 0.15) is 38.2 Å². The highest BCUT2D eigenvalue weighted by molar-refractivity contribution is 5.55. The van der Waals surface area contributed by atoms with Crippen LogP contribution in [0.25, 0.3) is 0 Å². The Balaban J connectivity index is 1.68. The quantitative estimate of drug-likeness (QED) is 0.895. The van der Waals surface area contributed by atoms with Gasteiger partial charge in [-0.3, -0.25) is 0 Å². The molecule has 3 nitrogen and oxygen atoms in total. The van der Waals surface area contributed by atoms with Crippen LogP contribution < -0.4 is 10.6 Å². The number of para-hydroxylation sites is 1. The molecule has 3 unspecified atom stereocenters. The molecule has 1 fully saturated rings. The maximum Gasteiger partial charge on any atom is 0.0798 e. The molecule has 0 bridgehead atoms. The van der Waals surface area contributed by atoms with Crippen molar-refractivity contribution in [2.45, 2.75) is 44.6 Å². The molecule has 3 rings (SSSR count). The first kappa shape index (κ1) is 14.9. The summed E-state index contributed by atoms with van der Waals surface area (Å²) < 4.78 is 0. The summed E-state index contributed by atoms with van der Waals surface area (Å²) in [4.78, 5) is 2.51. The van der Waals surface area contributed by atoms with E-state index < -0.39 is 5.60 Å². The highest BCUT2D eigenvalue weighted by Gasteiger charge is 2.39. The minimum absolute atomic E-state index is 0.367. The molecule has 0 aromatic heterocycles. The fourth-order valence-corrected chi connectivity index (χ4v) is 4.24. The number of benzene rings is 1. The van der Waals surface area contributed by atoms with E-state index in [0.29, 0.717) is 18.4 Å². The summed E-state index contributed by atoms with van der Waals surface area (Å²) in [5, 5.41) is 10.6. The van der Waals surface area contributed by atoms with Gasteiger partial charge in [-0.25, -0.2) is 0 Å². The highest BCUT2D eigenvalue weighted by atomic mass is 16.3. The van der Waals surface area contributed by atoms with E-state index in [1.807, 2.05) is 0 Å². The number of nitrogens with two attached hydrogens (primary N) is 1. The van der Waals surface area contributed by atoms with E-state index in [-0.39, 0.29) is 0 Å². The van der Waals surface area contributed by atoms with E-state index in [1.165, 1.54) is 17.7 Å². The second kappa shape index (κ2) is 5.98. The fourth-order valence-electron chi connectivity index (χ4n) is 4.24. The molecule has 1 aliphatic heterocycles. The van der Waals surface area contributed by atoms with Crippen LogP contribution in [0.15, 0.2) is 24.3 Å². The lowest BCUT2D eigenvalue weighted by Gasteiger charge is -2.37. The fraction of sp³-hybridized carbons (Fsp3) is 0.667. The average Bonchev–Trinajstić information content (AvgIpc) is 2.86. The lowest BCUT2D eigenvalue weighted by Crippen LogP contribution is -2.43. The maximum absolute atomic E-state index is 10.6. The lowest BCUT2D eigenvalue weighted by atomic mass is 9.87. The standard InChI is InChI=1S/C18H28N2O/c1-14-11-15-5-2-3-7-17(15)20(12-14)10-8-16-6-4-9-18(16,21)13-19/h2-3,5,7,14,16,21H,4,6,8-13,19H2,1H3. The van der Waals surface area contributed by atoms with Crippen LogP contribution in [0.5, 0.6) is 0 Å². The van der Waals surface area contributed by atoms with Crippen molar-refractivity contribution >= 4 is 5.69 Å². The zero-order valence-corrected chi connectivity index (χ0v) is 13.1. The van der Waals surface area contributed by atoms with Gasteiger partial charge in [0, 0.05) is 25.3 Å². The van der Waals surface area contributed by atoms with Crippen molar-refractivity contribution < 1.29 is 5.11 Å². The number of nitrogens with zero attached hydrogens (tertiary/aromatic N) is 1. The maximum atomic E-state index is 10.6. The smallest absolute Gasteiger partial charge is 0.0798 e. The van der Waals surface area contributed by atoms with Crippen molar-refractivity contribution in [2.75, 3.05) is 24.5 Å². The van der Waals surface area contributed by atoms with Crippen LogP contribution in [-0.2, 0) is 6.42 Å². The second-order valence-corrected chi connectivity index (χ2v) is 7.07. The van der Waals surface area contributed by atoms with Crippen LogP contribution >= 0.6 is 0 Å². The Morgan fingerprint density at radius 1 is 1.38 bits per heavy atom. The largest absolute Gasteiger partial charge is 0.388 e.